The van der Waals surface area contributed by atoms with Crippen molar-refractivity contribution in [3.8, 4) is 0 Å². The van der Waals surface area contributed by atoms with Crippen LogP contribution in [0, 0.1) is 0 Å². The Morgan fingerprint density at radius 1 is 1.16 bits per heavy atom. The molecule has 0 saturated carbocycles. The number of Topliss-reactive ketones (excluding diaryl/α,β-unsaturated/α-hetero) is 1. The van der Waals surface area contributed by atoms with Gasteiger partial charge in [-0.25, -0.2) is 0 Å². The van der Waals surface area contributed by atoms with Gasteiger partial charge in [0.1, 0.15) is 0 Å². The lowest BCUT2D eigenvalue weighted by atomic mass is 10.0. The molecule has 0 atom stereocenters. The molecular formula is C11H5ClF5NO. The van der Waals surface area contributed by atoms with Crippen molar-refractivity contribution in [2.75, 3.05) is 0 Å². The molecule has 0 saturated heterocycles. The van der Waals surface area contributed by atoms with Gasteiger partial charge in [-0.2, -0.15) is 22.0 Å². The lowest BCUT2D eigenvalue weighted by Gasteiger charge is -2.17. The highest BCUT2D eigenvalue weighted by atomic mass is 35.5. The number of ketones is 1. The van der Waals surface area contributed by atoms with Crippen LogP contribution in [0.4, 0.5) is 22.0 Å². The summed E-state index contributed by atoms with van der Waals surface area (Å²) in [4.78, 5) is 13.8. The van der Waals surface area contributed by atoms with Gasteiger partial charge in [0.15, 0.2) is 0 Å². The van der Waals surface area contributed by atoms with E-state index in [4.69, 9.17) is 11.6 Å². The van der Waals surface area contributed by atoms with Crippen molar-refractivity contribution in [1.82, 2.24) is 4.98 Å². The van der Waals surface area contributed by atoms with Gasteiger partial charge in [0, 0.05) is 27.7 Å². The maximum absolute atomic E-state index is 13.0. The number of fused-ring (bicyclic) bond motifs is 1. The Morgan fingerprint density at radius 2 is 1.79 bits per heavy atom. The first kappa shape index (κ1) is 13.8. The third-order valence-electron chi connectivity index (χ3n) is 2.53. The third-order valence-corrected chi connectivity index (χ3v) is 2.76. The molecule has 1 aromatic heterocycles. The van der Waals surface area contributed by atoms with Crippen LogP contribution < -0.4 is 0 Å². The molecule has 1 aromatic carbocycles. The van der Waals surface area contributed by atoms with Crippen LogP contribution in [0.3, 0.4) is 0 Å². The van der Waals surface area contributed by atoms with Crippen molar-refractivity contribution < 1.29 is 26.7 Å². The molecule has 1 heterocycles. The Labute approximate surface area is 108 Å². The summed E-state index contributed by atoms with van der Waals surface area (Å²) in [6, 6.07) is 3.81. The average Bonchev–Trinajstić information content (AvgIpc) is 2.69. The summed E-state index contributed by atoms with van der Waals surface area (Å²) in [7, 11) is 0. The molecule has 2 nitrogen and oxygen atoms in total. The predicted octanol–water partition coefficient (Wildman–Crippen LogP) is 4.20. The molecule has 19 heavy (non-hydrogen) atoms. The largest absolute Gasteiger partial charge is 0.461 e. The Hall–Kier alpha value is -1.63. The second-order valence-electron chi connectivity index (χ2n) is 3.79. The molecule has 0 aliphatic carbocycles. The Balaban J connectivity index is 2.54. The Kier molecular flexibility index (Phi) is 3.04. The molecule has 0 radical (unpaired) electrons. The summed E-state index contributed by atoms with van der Waals surface area (Å²) in [5.74, 6) is -7.73. The van der Waals surface area contributed by atoms with Crippen LogP contribution in [0.1, 0.15) is 10.4 Å². The van der Waals surface area contributed by atoms with E-state index in [2.05, 4.69) is 4.98 Å². The SMILES string of the molecule is O=C(c1c[nH]c2cc(Cl)ccc12)C(F)(F)C(F)(F)F. The van der Waals surface area contributed by atoms with Gasteiger partial charge in [-0.1, -0.05) is 17.7 Å². The van der Waals surface area contributed by atoms with E-state index in [-0.39, 0.29) is 15.9 Å². The fourth-order valence-corrected chi connectivity index (χ4v) is 1.76. The van der Waals surface area contributed by atoms with Crippen molar-refractivity contribution in [3.05, 3.63) is 35.0 Å². The molecule has 1 N–H and O–H groups in total. The molecule has 0 fully saturated rings. The van der Waals surface area contributed by atoms with Gasteiger partial charge < -0.3 is 4.98 Å². The number of aromatic nitrogens is 1. The van der Waals surface area contributed by atoms with Gasteiger partial charge in [0.2, 0.25) is 5.78 Å². The van der Waals surface area contributed by atoms with Crippen molar-refractivity contribution in [2.24, 2.45) is 0 Å². The normalized spacial score (nSPS) is 12.9. The van der Waals surface area contributed by atoms with Crippen LogP contribution in [-0.4, -0.2) is 22.9 Å². The van der Waals surface area contributed by atoms with Crippen molar-refractivity contribution >= 4 is 28.3 Å². The van der Waals surface area contributed by atoms with E-state index in [1.807, 2.05) is 0 Å². The van der Waals surface area contributed by atoms with Crippen LogP contribution in [0.5, 0.6) is 0 Å². The average molecular weight is 298 g/mol. The zero-order chi connectivity index (χ0) is 14.4. The zero-order valence-electron chi connectivity index (χ0n) is 8.99. The number of aromatic amines is 1. The molecule has 0 spiro atoms. The first-order chi connectivity index (χ1) is 8.64. The summed E-state index contributed by atoms with van der Waals surface area (Å²) in [6.45, 7) is 0. The van der Waals surface area contributed by atoms with Crippen LogP contribution in [-0.2, 0) is 0 Å². The lowest BCUT2D eigenvalue weighted by Crippen LogP contribution is -2.44. The second-order valence-corrected chi connectivity index (χ2v) is 4.23. The quantitative estimate of drug-likeness (QED) is 0.654. The van der Waals surface area contributed by atoms with Gasteiger partial charge in [0.25, 0.3) is 0 Å². The third kappa shape index (κ3) is 2.18. The molecule has 0 aliphatic rings. The smallest absolute Gasteiger partial charge is 0.360 e. The molecule has 0 amide bonds. The number of hydrogen-bond acceptors (Lipinski definition) is 1. The molecule has 2 aromatic rings. The van der Waals surface area contributed by atoms with Crippen LogP contribution in [0.25, 0.3) is 10.9 Å². The number of alkyl halides is 5. The second kappa shape index (κ2) is 4.19. The van der Waals surface area contributed by atoms with Crippen molar-refractivity contribution in [2.45, 2.75) is 12.1 Å². The summed E-state index contributed by atoms with van der Waals surface area (Å²) < 4.78 is 62.4. The molecule has 2 rings (SSSR count). The summed E-state index contributed by atoms with van der Waals surface area (Å²) >= 11 is 5.64. The van der Waals surface area contributed by atoms with Gasteiger partial charge >= 0.3 is 12.1 Å². The maximum atomic E-state index is 13.0. The monoisotopic (exact) mass is 297 g/mol. The van der Waals surface area contributed by atoms with E-state index in [1.54, 1.807) is 0 Å². The summed E-state index contributed by atoms with van der Waals surface area (Å²) in [6.07, 6.45) is -5.12. The van der Waals surface area contributed by atoms with Gasteiger partial charge in [0.05, 0.1) is 0 Å². The predicted molar refractivity (Wildman–Crippen MR) is 58.6 cm³/mol. The number of nitrogens with one attached hydrogen (secondary N) is 1. The number of halogens is 6. The minimum absolute atomic E-state index is 0.0432. The van der Waals surface area contributed by atoms with Gasteiger partial charge in [-0.15, -0.1) is 0 Å². The highest BCUT2D eigenvalue weighted by Gasteiger charge is 2.63. The van der Waals surface area contributed by atoms with E-state index >= 15 is 0 Å². The highest BCUT2D eigenvalue weighted by Crippen LogP contribution is 2.39. The van der Waals surface area contributed by atoms with Crippen LogP contribution in [0.2, 0.25) is 5.02 Å². The standard InChI is InChI=1S/C11H5ClF5NO/c12-5-1-2-6-7(4-18-8(6)3-5)9(19)10(13,14)11(15,16)17/h1-4,18H. The van der Waals surface area contributed by atoms with Crippen molar-refractivity contribution in [1.29, 1.82) is 0 Å². The fraction of sp³-hybridized carbons (Fsp3) is 0.182. The lowest BCUT2D eigenvalue weighted by molar-refractivity contribution is -0.255. The van der Waals surface area contributed by atoms with Gasteiger partial charge in [-0.05, 0) is 12.1 Å². The Bertz CT molecular complexity index is 646. The van der Waals surface area contributed by atoms with E-state index < -0.39 is 23.4 Å². The molecular weight excluding hydrogens is 293 g/mol. The molecule has 0 unspecified atom stereocenters. The fourth-order valence-electron chi connectivity index (χ4n) is 1.58. The van der Waals surface area contributed by atoms with Crippen LogP contribution >= 0.6 is 11.6 Å². The molecule has 0 bridgehead atoms. The number of H-pyrrole nitrogens is 1. The van der Waals surface area contributed by atoms with E-state index in [0.717, 1.165) is 6.20 Å². The number of rotatable bonds is 2. The van der Waals surface area contributed by atoms with Crippen LogP contribution in [0.15, 0.2) is 24.4 Å². The number of benzene rings is 1. The topological polar surface area (TPSA) is 32.9 Å². The maximum Gasteiger partial charge on any atom is 0.461 e. The highest BCUT2D eigenvalue weighted by molar-refractivity contribution is 6.31. The zero-order valence-corrected chi connectivity index (χ0v) is 9.74. The minimum atomic E-state index is -5.93. The number of carbonyl (C=O) groups is 1. The molecule has 102 valence electrons. The summed E-state index contributed by atoms with van der Waals surface area (Å²) in [5.41, 5.74) is -0.525. The van der Waals surface area contributed by atoms with E-state index in [9.17, 15) is 26.7 Å². The first-order valence-corrected chi connectivity index (χ1v) is 5.28. The summed E-state index contributed by atoms with van der Waals surface area (Å²) in [5, 5.41) is 0.217. The Morgan fingerprint density at radius 3 is 2.37 bits per heavy atom. The van der Waals surface area contributed by atoms with E-state index in [0.29, 0.717) is 0 Å². The molecule has 8 heteroatoms. The van der Waals surface area contributed by atoms with Gasteiger partial charge in [-0.3, -0.25) is 4.79 Å². The number of carbonyl (C=O) groups excluding carboxylic acids is 1. The minimum Gasteiger partial charge on any atom is -0.360 e. The number of hydrogen-bond donors (Lipinski definition) is 1. The molecule has 0 aliphatic heterocycles. The van der Waals surface area contributed by atoms with E-state index in [1.165, 1.54) is 18.2 Å². The first-order valence-electron chi connectivity index (χ1n) is 4.90. The van der Waals surface area contributed by atoms with Crippen molar-refractivity contribution in [3.63, 3.8) is 0 Å².